The molecule has 3 nitrogen and oxygen atoms in total. The number of aromatic nitrogens is 1. The van der Waals surface area contributed by atoms with Gasteiger partial charge in [0, 0.05) is 12.3 Å². The van der Waals surface area contributed by atoms with Gasteiger partial charge in [-0.1, -0.05) is 18.3 Å². The van der Waals surface area contributed by atoms with Crippen LogP contribution in [0, 0.1) is 0 Å². The van der Waals surface area contributed by atoms with Crippen molar-refractivity contribution in [3.05, 3.63) is 34.7 Å². The van der Waals surface area contributed by atoms with Crippen LogP contribution in [0.2, 0.25) is 0 Å². The Balaban J connectivity index is 3.14. The summed E-state index contributed by atoms with van der Waals surface area (Å²) in [6.45, 7) is -0.279. The average molecular weight is 169 g/mol. The van der Waals surface area contributed by atoms with Crippen molar-refractivity contribution in [1.82, 2.24) is 4.57 Å². The molecular weight excluding hydrogens is 162 g/mol. The van der Waals surface area contributed by atoms with Gasteiger partial charge in [-0.3, -0.25) is 9.36 Å². The summed E-state index contributed by atoms with van der Waals surface area (Å²) in [4.78, 5) is 11.2. The van der Waals surface area contributed by atoms with Gasteiger partial charge in [-0.15, -0.1) is 0 Å². The fourth-order valence-corrected chi connectivity index (χ4v) is 0.860. The molecular formula is C7H7NO2S. The molecule has 1 aromatic heterocycles. The number of thiocarbonyl (C=S) groups is 1. The molecule has 11 heavy (non-hydrogen) atoms. The lowest BCUT2D eigenvalue weighted by Gasteiger charge is -2.01. The fourth-order valence-electron chi connectivity index (χ4n) is 0.710. The Kier molecular flexibility index (Phi) is 2.51. The molecule has 0 radical (unpaired) electrons. The maximum atomic E-state index is 11.0. The van der Waals surface area contributed by atoms with Crippen molar-refractivity contribution in [3.63, 3.8) is 0 Å². The van der Waals surface area contributed by atoms with Crippen molar-refractivity contribution in [2.45, 2.75) is 0 Å². The van der Waals surface area contributed by atoms with Crippen molar-refractivity contribution >= 4 is 17.2 Å². The van der Waals surface area contributed by atoms with E-state index >= 15 is 0 Å². The third kappa shape index (κ3) is 1.72. The van der Waals surface area contributed by atoms with Crippen LogP contribution in [0.1, 0.15) is 0 Å². The first-order valence-corrected chi connectivity index (χ1v) is 3.48. The number of aliphatic hydroxyl groups excluding tert-OH is 1. The zero-order valence-corrected chi connectivity index (χ0v) is 6.54. The molecule has 0 amide bonds. The van der Waals surface area contributed by atoms with Crippen LogP contribution in [0.15, 0.2) is 29.2 Å². The fraction of sp³-hybridized carbons (Fsp3) is 0.143. The van der Waals surface area contributed by atoms with Gasteiger partial charge in [0.2, 0.25) is 0 Å². The van der Waals surface area contributed by atoms with E-state index in [2.05, 4.69) is 0 Å². The lowest BCUT2D eigenvalue weighted by Crippen LogP contribution is -2.26. The molecule has 0 bridgehead atoms. The molecule has 0 fully saturated rings. The van der Waals surface area contributed by atoms with E-state index in [1.807, 2.05) is 0 Å². The lowest BCUT2D eigenvalue weighted by molar-refractivity contribution is 0.356. The Labute approximate surface area is 68.9 Å². The molecule has 0 aliphatic carbocycles. The highest BCUT2D eigenvalue weighted by Gasteiger charge is 1.97. The summed E-state index contributed by atoms with van der Waals surface area (Å²) in [6.07, 6.45) is 1.53. The summed E-state index contributed by atoms with van der Waals surface area (Å²) in [5, 5.41) is 8.61. The SMILES string of the molecule is O=c1ccccn1C(=S)CO. The molecule has 0 aliphatic heterocycles. The highest BCUT2D eigenvalue weighted by Crippen LogP contribution is 1.82. The average Bonchev–Trinajstić information content (AvgIpc) is 2.04. The zero-order valence-electron chi connectivity index (χ0n) is 5.73. The molecule has 0 saturated carbocycles. The van der Waals surface area contributed by atoms with E-state index in [4.69, 9.17) is 17.3 Å². The summed E-state index contributed by atoms with van der Waals surface area (Å²) in [5.74, 6) is 0. The van der Waals surface area contributed by atoms with E-state index in [9.17, 15) is 4.79 Å². The van der Waals surface area contributed by atoms with Gasteiger partial charge in [0.05, 0.1) is 6.61 Å². The minimum absolute atomic E-state index is 0.216. The molecule has 0 aliphatic rings. The second-order valence-corrected chi connectivity index (χ2v) is 2.43. The van der Waals surface area contributed by atoms with Crippen LogP contribution in [-0.2, 0) is 0 Å². The van der Waals surface area contributed by atoms with Crippen LogP contribution in [0.5, 0.6) is 0 Å². The quantitative estimate of drug-likeness (QED) is 0.602. The Bertz CT molecular complexity index is 318. The highest BCUT2D eigenvalue weighted by molar-refractivity contribution is 7.80. The van der Waals surface area contributed by atoms with Crippen molar-refractivity contribution in [2.24, 2.45) is 0 Å². The molecule has 0 atom stereocenters. The first-order chi connectivity index (χ1) is 5.25. The van der Waals surface area contributed by atoms with Crippen LogP contribution in [-0.4, -0.2) is 21.3 Å². The monoisotopic (exact) mass is 169 g/mol. The van der Waals surface area contributed by atoms with Crippen molar-refractivity contribution in [1.29, 1.82) is 0 Å². The molecule has 1 rings (SSSR count). The van der Waals surface area contributed by atoms with E-state index in [0.29, 0.717) is 0 Å². The van der Waals surface area contributed by atoms with Crippen LogP contribution >= 0.6 is 12.2 Å². The molecule has 4 heteroatoms. The van der Waals surface area contributed by atoms with Crippen molar-refractivity contribution in [3.8, 4) is 0 Å². The number of nitrogens with zero attached hydrogens (tertiary/aromatic N) is 1. The second kappa shape index (κ2) is 3.41. The first kappa shape index (κ1) is 8.10. The number of aliphatic hydroxyl groups is 1. The summed E-state index contributed by atoms with van der Waals surface area (Å²) < 4.78 is 1.23. The van der Waals surface area contributed by atoms with Crippen molar-refractivity contribution in [2.75, 3.05) is 6.61 Å². The van der Waals surface area contributed by atoms with Gasteiger partial charge in [0.1, 0.15) is 4.99 Å². The van der Waals surface area contributed by atoms with E-state index in [-0.39, 0.29) is 17.2 Å². The predicted octanol–water partition coefficient (Wildman–Crippen LogP) is 0.0161. The molecule has 1 N–H and O–H groups in total. The number of rotatable bonds is 1. The van der Waals surface area contributed by atoms with E-state index in [1.165, 1.54) is 16.8 Å². The largest absolute Gasteiger partial charge is 0.389 e. The van der Waals surface area contributed by atoms with Gasteiger partial charge in [-0.05, 0) is 6.07 Å². The van der Waals surface area contributed by atoms with Gasteiger partial charge in [-0.2, -0.15) is 0 Å². The van der Waals surface area contributed by atoms with Gasteiger partial charge >= 0.3 is 0 Å². The minimum atomic E-state index is -0.279. The Morgan fingerprint density at radius 3 is 2.91 bits per heavy atom. The van der Waals surface area contributed by atoms with Gasteiger partial charge in [-0.25, -0.2) is 0 Å². The highest BCUT2D eigenvalue weighted by atomic mass is 32.1. The van der Waals surface area contributed by atoms with Crippen molar-refractivity contribution < 1.29 is 5.11 Å². The van der Waals surface area contributed by atoms with Crippen LogP contribution in [0.3, 0.4) is 0 Å². The molecule has 0 spiro atoms. The summed E-state index contributed by atoms with van der Waals surface area (Å²) in [6, 6.07) is 4.70. The van der Waals surface area contributed by atoms with Gasteiger partial charge in [0.15, 0.2) is 0 Å². The third-order valence-corrected chi connectivity index (χ3v) is 1.55. The van der Waals surface area contributed by atoms with Crippen LogP contribution in [0.25, 0.3) is 0 Å². The standard InChI is InChI=1S/C7H7NO2S/c9-5-7(11)8-4-2-1-3-6(8)10/h1-4,9H,5H2. The molecule has 1 aromatic rings. The normalized spacial score (nSPS) is 9.55. The van der Waals surface area contributed by atoms with Crippen LogP contribution in [0.4, 0.5) is 0 Å². The maximum absolute atomic E-state index is 11.0. The number of hydrogen-bond acceptors (Lipinski definition) is 3. The smallest absolute Gasteiger partial charge is 0.255 e. The summed E-state index contributed by atoms with van der Waals surface area (Å²) >= 11 is 4.72. The maximum Gasteiger partial charge on any atom is 0.255 e. The Morgan fingerprint density at radius 1 is 1.64 bits per heavy atom. The predicted molar refractivity (Wildman–Crippen MR) is 45.8 cm³/mol. The minimum Gasteiger partial charge on any atom is -0.389 e. The molecule has 0 unspecified atom stereocenters. The number of hydrogen-bond donors (Lipinski definition) is 1. The van der Waals surface area contributed by atoms with Crippen LogP contribution < -0.4 is 5.56 Å². The van der Waals surface area contributed by atoms with E-state index in [0.717, 1.165) is 0 Å². The molecule has 0 saturated heterocycles. The second-order valence-electron chi connectivity index (χ2n) is 1.96. The van der Waals surface area contributed by atoms with E-state index in [1.54, 1.807) is 12.1 Å². The molecule has 0 aromatic carbocycles. The number of pyridine rings is 1. The first-order valence-electron chi connectivity index (χ1n) is 3.07. The Morgan fingerprint density at radius 2 is 2.36 bits per heavy atom. The van der Waals surface area contributed by atoms with Gasteiger partial charge in [0.25, 0.3) is 5.56 Å². The molecule has 1 heterocycles. The molecule has 58 valence electrons. The Hall–Kier alpha value is -1.00. The summed E-state index contributed by atoms with van der Waals surface area (Å²) in [7, 11) is 0. The van der Waals surface area contributed by atoms with E-state index < -0.39 is 0 Å². The zero-order chi connectivity index (χ0) is 8.27. The lowest BCUT2D eigenvalue weighted by atomic mass is 10.5. The third-order valence-electron chi connectivity index (χ3n) is 1.23. The van der Waals surface area contributed by atoms with Gasteiger partial charge < -0.3 is 5.11 Å². The topological polar surface area (TPSA) is 42.2 Å². The summed E-state index contributed by atoms with van der Waals surface area (Å²) in [5.41, 5.74) is -0.216.